The monoisotopic (exact) mass is 310 g/mol. The van der Waals surface area contributed by atoms with Gasteiger partial charge in [-0.3, -0.25) is 4.79 Å². The number of carbonyl (C=O) groups is 1. The number of carbonyl (C=O) groups excluding carboxylic acids is 1. The number of amides is 1. The molecule has 124 valence electrons. The highest BCUT2D eigenvalue weighted by molar-refractivity contribution is 5.76. The molecule has 0 aliphatic rings. The molecule has 0 aromatic heterocycles. The van der Waals surface area contributed by atoms with Gasteiger partial charge in [0, 0.05) is 25.6 Å². The van der Waals surface area contributed by atoms with Crippen LogP contribution < -0.4 is 20.1 Å². The Labute approximate surface area is 131 Å². The minimum Gasteiger partial charge on any atom is -0.493 e. The molecule has 6 heteroatoms. The first kappa shape index (κ1) is 18.3. The Morgan fingerprint density at radius 3 is 2.59 bits per heavy atom. The van der Waals surface area contributed by atoms with Crippen LogP contribution in [0.15, 0.2) is 24.3 Å². The first-order valence-corrected chi connectivity index (χ1v) is 7.47. The summed E-state index contributed by atoms with van der Waals surface area (Å²) >= 11 is 0. The second kappa shape index (κ2) is 10.0. The van der Waals surface area contributed by atoms with Crippen LogP contribution in [0.1, 0.15) is 20.3 Å². The molecule has 1 rings (SSSR count). The third-order valence-electron chi connectivity index (χ3n) is 2.86. The van der Waals surface area contributed by atoms with Gasteiger partial charge in [-0.25, -0.2) is 0 Å². The predicted octanol–water partition coefficient (Wildman–Crippen LogP) is 0.939. The van der Waals surface area contributed by atoms with Gasteiger partial charge in [0.15, 0.2) is 11.5 Å². The topological polar surface area (TPSA) is 79.8 Å². The van der Waals surface area contributed by atoms with Gasteiger partial charge in [0.25, 0.3) is 0 Å². The zero-order chi connectivity index (χ0) is 16.4. The second-order valence-corrected chi connectivity index (χ2v) is 5.29. The molecule has 3 N–H and O–H groups in total. The van der Waals surface area contributed by atoms with Gasteiger partial charge in [-0.1, -0.05) is 12.1 Å². The highest BCUT2D eigenvalue weighted by Gasteiger charge is 2.08. The summed E-state index contributed by atoms with van der Waals surface area (Å²) in [6.45, 7) is 4.88. The Kier molecular flexibility index (Phi) is 8.32. The lowest BCUT2D eigenvalue weighted by Crippen LogP contribution is -2.36. The SMILES string of the molecule is COc1ccccc1OCC(O)CNCCC(=O)NC(C)C. The molecular formula is C16H26N2O4. The first-order chi connectivity index (χ1) is 10.5. The molecule has 0 heterocycles. The third-order valence-corrected chi connectivity index (χ3v) is 2.86. The summed E-state index contributed by atoms with van der Waals surface area (Å²) in [4.78, 5) is 11.4. The lowest BCUT2D eigenvalue weighted by atomic mass is 10.3. The van der Waals surface area contributed by atoms with Crippen LogP contribution in [0.2, 0.25) is 0 Å². The van der Waals surface area contributed by atoms with Gasteiger partial charge in [-0.05, 0) is 26.0 Å². The lowest BCUT2D eigenvalue weighted by molar-refractivity contribution is -0.121. The highest BCUT2D eigenvalue weighted by atomic mass is 16.5. The van der Waals surface area contributed by atoms with Crippen molar-refractivity contribution in [3.8, 4) is 11.5 Å². The van der Waals surface area contributed by atoms with E-state index in [9.17, 15) is 9.90 Å². The molecule has 0 aliphatic heterocycles. The lowest BCUT2D eigenvalue weighted by Gasteiger charge is -2.15. The molecule has 1 atom stereocenters. The van der Waals surface area contributed by atoms with Gasteiger partial charge >= 0.3 is 0 Å². The van der Waals surface area contributed by atoms with Crippen molar-refractivity contribution in [2.75, 3.05) is 26.8 Å². The van der Waals surface area contributed by atoms with Gasteiger partial charge in [-0.15, -0.1) is 0 Å². The van der Waals surface area contributed by atoms with Gasteiger partial charge < -0.3 is 25.2 Å². The van der Waals surface area contributed by atoms with Gasteiger partial charge in [-0.2, -0.15) is 0 Å². The molecule has 0 saturated heterocycles. The van der Waals surface area contributed by atoms with Crippen molar-refractivity contribution < 1.29 is 19.4 Å². The Morgan fingerprint density at radius 1 is 1.27 bits per heavy atom. The zero-order valence-corrected chi connectivity index (χ0v) is 13.5. The molecule has 1 unspecified atom stereocenters. The number of benzene rings is 1. The fourth-order valence-electron chi connectivity index (χ4n) is 1.85. The van der Waals surface area contributed by atoms with Crippen molar-refractivity contribution in [3.05, 3.63) is 24.3 Å². The van der Waals surface area contributed by atoms with E-state index in [2.05, 4.69) is 10.6 Å². The van der Waals surface area contributed by atoms with Crippen LogP contribution in [-0.4, -0.2) is 50.0 Å². The average Bonchev–Trinajstić information content (AvgIpc) is 2.49. The number of aliphatic hydroxyl groups excluding tert-OH is 1. The smallest absolute Gasteiger partial charge is 0.221 e. The van der Waals surface area contributed by atoms with Crippen molar-refractivity contribution in [1.29, 1.82) is 0 Å². The van der Waals surface area contributed by atoms with Crippen LogP contribution in [0.3, 0.4) is 0 Å². The fraction of sp³-hybridized carbons (Fsp3) is 0.562. The maximum absolute atomic E-state index is 11.4. The maximum Gasteiger partial charge on any atom is 0.221 e. The molecule has 0 bridgehead atoms. The maximum atomic E-state index is 11.4. The highest BCUT2D eigenvalue weighted by Crippen LogP contribution is 2.25. The molecule has 6 nitrogen and oxygen atoms in total. The zero-order valence-electron chi connectivity index (χ0n) is 13.5. The van der Waals surface area contributed by atoms with E-state index in [1.54, 1.807) is 19.2 Å². The Balaban J connectivity index is 2.18. The van der Waals surface area contributed by atoms with Gasteiger partial charge in [0.05, 0.1) is 7.11 Å². The van der Waals surface area contributed by atoms with E-state index in [4.69, 9.17) is 9.47 Å². The first-order valence-electron chi connectivity index (χ1n) is 7.47. The molecule has 0 fully saturated rings. The number of hydrogen-bond acceptors (Lipinski definition) is 5. The number of ether oxygens (including phenoxy) is 2. The molecule has 0 aliphatic carbocycles. The summed E-state index contributed by atoms with van der Waals surface area (Å²) in [7, 11) is 1.57. The predicted molar refractivity (Wildman–Crippen MR) is 85.3 cm³/mol. The van der Waals surface area contributed by atoms with E-state index in [-0.39, 0.29) is 18.6 Å². The summed E-state index contributed by atoms with van der Waals surface area (Å²) in [5, 5.41) is 15.7. The minimum atomic E-state index is -0.655. The third kappa shape index (κ3) is 7.28. The molecule has 1 aromatic carbocycles. The normalized spacial score (nSPS) is 12.0. The largest absolute Gasteiger partial charge is 0.493 e. The fourth-order valence-corrected chi connectivity index (χ4v) is 1.85. The molecule has 0 radical (unpaired) electrons. The average molecular weight is 310 g/mol. The standard InChI is InChI=1S/C16H26N2O4/c1-12(2)18-16(20)8-9-17-10-13(19)11-22-15-7-5-4-6-14(15)21-3/h4-7,12-13,17,19H,8-11H2,1-3H3,(H,18,20). The molecule has 1 aromatic rings. The van der Waals surface area contributed by atoms with E-state index < -0.39 is 6.10 Å². The van der Waals surface area contributed by atoms with Crippen molar-refractivity contribution in [2.24, 2.45) is 0 Å². The number of hydrogen-bond donors (Lipinski definition) is 3. The summed E-state index contributed by atoms with van der Waals surface area (Å²) < 4.78 is 10.7. The summed E-state index contributed by atoms with van der Waals surface area (Å²) in [5.74, 6) is 1.23. The molecule has 1 amide bonds. The van der Waals surface area contributed by atoms with Crippen LogP contribution in [0.4, 0.5) is 0 Å². The van der Waals surface area contributed by atoms with E-state index in [1.807, 2.05) is 26.0 Å². The molecule has 0 spiro atoms. The minimum absolute atomic E-state index is 0.00209. The van der Waals surface area contributed by atoms with Crippen LogP contribution in [0.5, 0.6) is 11.5 Å². The summed E-state index contributed by atoms with van der Waals surface area (Å²) in [6, 6.07) is 7.43. The quantitative estimate of drug-likeness (QED) is 0.561. The van der Waals surface area contributed by atoms with Crippen LogP contribution in [0, 0.1) is 0 Å². The molecule has 22 heavy (non-hydrogen) atoms. The molecular weight excluding hydrogens is 284 g/mol. The Morgan fingerprint density at radius 2 is 1.95 bits per heavy atom. The van der Waals surface area contributed by atoms with E-state index in [0.29, 0.717) is 31.0 Å². The van der Waals surface area contributed by atoms with Crippen LogP contribution in [0.25, 0.3) is 0 Å². The number of nitrogens with one attached hydrogen (secondary N) is 2. The number of methoxy groups -OCH3 is 1. The Bertz CT molecular complexity index is 452. The number of rotatable bonds is 10. The summed E-state index contributed by atoms with van der Waals surface area (Å²) in [6.07, 6.45) is -0.267. The van der Waals surface area contributed by atoms with Crippen molar-refractivity contribution in [2.45, 2.75) is 32.4 Å². The van der Waals surface area contributed by atoms with Crippen LogP contribution in [-0.2, 0) is 4.79 Å². The van der Waals surface area contributed by atoms with Crippen LogP contribution >= 0.6 is 0 Å². The van der Waals surface area contributed by atoms with Crippen molar-refractivity contribution in [3.63, 3.8) is 0 Å². The van der Waals surface area contributed by atoms with Crippen molar-refractivity contribution >= 4 is 5.91 Å². The van der Waals surface area contributed by atoms with E-state index in [0.717, 1.165) is 0 Å². The van der Waals surface area contributed by atoms with Gasteiger partial charge in [0.1, 0.15) is 12.7 Å². The molecule has 0 saturated carbocycles. The number of aliphatic hydroxyl groups is 1. The Hall–Kier alpha value is -1.79. The second-order valence-electron chi connectivity index (χ2n) is 5.29. The van der Waals surface area contributed by atoms with Gasteiger partial charge in [0.2, 0.25) is 5.91 Å². The van der Waals surface area contributed by atoms with E-state index in [1.165, 1.54) is 0 Å². The number of para-hydroxylation sites is 2. The summed E-state index contributed by atoms with van der Waals surface area (Å²) in [5.41, 5.74) is 0. The van der Waals surface area contributed by atoms with Crippen molar-refractivity contribution in [1.82, 2.24) is 10.6 Å². The van der Waals surface area contributed by atoms with E-state index >= 15 is 0 Å².